The van der Waals surface area contributed by atoms with Crippen molar-refractivity contribution in [2.24, 2.45) is 0 Å². The Labute approximate surface area is 178 Å². The summed E-state index contributed by atoms with van der Waals surface area (Å²) >= 11 is 0. The molecule has 4 rings (SSSR count). The van der Waals surface area contributed by atoms with E-state index in [1.54, 1.807) is 18.0 Å². The number of aromatic amines is 1. The fraction of sp³-hybridized carbons (Fsp3) is 0.364. The highest BCUT2D eigenvalue weighted by atomic mass is 16.3. The molecule has 1 fully saturated rings. The van der Waals surface area contributed by atoms with Crippen molar-refractivity contribution in [2.75, 3.05) is 13.1 Å². The van der Waals surface area contributed by atoms with Gasteiger partial charge in [-0.1, -0.05) is 0 Å². The first kappa shape index (κ1) is 20.8. The van der Waals surface area contributed by atoms with E-state index in [2.05, 4.69) is 15.3 Å². The van der Waals surface area contributed by atoms with E-state index in [0.717, 1.165) is 11.0 Å². The monoisotopic (exact) mass is 423 g/mol. The zero-order chi connectivity index (χ0) is 22.0. The summed E-state index contributed by atoms with van der Waals surface area (Å²) in [6.45, 7) is 2.88. The van der Waals surface area contributed by atoms with Gasteiger partial charge >= 0.3 is 0 Å². The van der Waals surface area contributed by atoms with Crippen LogP contribution in [0.4, 0.5) is 0 Å². The van der Waals surface area contributed by atoms with Crippen LogP contribution in [-0.2, 0) is 11.3 Å². The van der Waals surface area contributed by atoms with Crippen LogP contribution in [0.3, 0.4) is 0 Å². The van der Waals surface area contributed by atoms with Crippen LogP contribution >= 0.6 is 0 Å². The number of rotatable bonds is 5. The molecular weight excluding hydrogens is 398 g/mol. The van der Waals surface area contributed by atoms with Crippen LogP contribution in [0.5, 0.6) is 0 Å². The van der Waals surface area contributed by atoms with E-state index in [9.17, 15) is 19.5 Å². The fourth-order valence-corrected chi connectivity index (χ4v) is 3.94. The SMILES string of the molecule is CC(NC(=O)c1ccc(=O)[nH]c1)C(=O)N1CCC(O)(Cn2ccc3ncccc32)CC1. The van der Waals surface area contributed by atoms with Crippen LogP contribution in [0.1, 0.15) is 30.1 Å². The molecule has 2 amide bonds. The van der Waals surface area contributed by atoms with E-state index >= 15 is 0 Å². The quantitative estimate of drug-likeness (QED) is 0.563. The van der Waals surface area contributed by atoms with Crippen molar-refractivity contribution in [3.05, 3.63) is 64.8 Å². The van der Waals surface area contributed by atoms with Gasteiger partial charge in [-0.05, 0) is 44.0 Å². The topological polar surface area (TPSA) is 120 Å². The molecule has 0 bridgehead atoms. The fourth-order valence-electron chi connectivity index (χ4n) is 3.94. The molecule has 1 atom stereocenters. The van der Waals surface area contributed by atoms with Gasteiger partial charge in [-0.2, -0.15) is 0 Å². The number of piperidine rings is 1. The van der Waals surface area contributed by atoms with Crippen molar-refractivity contribution in [1.29, 1.82) is 0 Å². The largest absolute Gasteiger partial charge is 0.388 e. The maximum absolute atomic E-state index is 12.8. The maximum atomic E-state index is 12.8. The molecule has 4 heterocycles. The number of amides is 2. The zero-order valence-corrected chi connectivity index (χ0v) is 17.2. The first-order valence-corrected chi connectivity index (χ1v) is 10.3. The Morgan fingerprint density at radius 3 is 2.74 bits per heavy atom. The Morgan fingerprint density at radius 2 is 2.03 bits per heavy atom. The molecular formula is C22H25N5O4. The predicted molar refractivity (Wildman–Crippen MR) is 114 cm³/mol. The average molecular weight is 423 g/mol. The van der Waals surface area contributed by atoms with Gasteiger partial charge in [0, 0.05) is 37.7 Å². The maximum Gasteiger partial charge on any atom is 0.253 e. The third-order valence-electron chi connectivity index (χ3n) is 5.77. The number of nitrogens with zero attached hydrogens (tertiary/aromatic N) is 3. The van der Waals surface area contributed by atoms with Crippen molar-refractivity contribution in [3.8, 4) is 0 Å². The van der Waals surface area contributed by atoms with Crippen LogP contribution < -0.4 is 10.9 Å². The summed E-state index contributed by atoms with van der Waals surface area (Å²) in [7, 11) is 0. The third-order valence-corrected chi connectivity index (χ3v) is 5.77. The summed E-state index contributed by atoms with van der Waals surface area (Å²) in [5.74, 6) is -0.630. The van der Waals surface area contributed by atoms with Crippen LogP contribution in [0.2, 0.25) is 0 Å². The summed E-state index contributed by atoms with van der Waals surface area (Å²) in [4.78, 5) is 44.6. The van der Waals surface area contributed by atoms with Crippen molar-refractivity contribution in [1.82, 2.24) is 24.8 Å². The minimum absolute atomic E-state index is 0.199. The predicted octanol–water partition coefficient (Wildman–Crippen LogP) is 0.897. The first-order chi connectivity index (χ1) is 14.8. The van der Waals surface area contributed by atoms with E-state index < -0.39 is 17.6 Å². The summed E-state index contributed by atoms with van der Waals surface area (Å²) < 4.78 is 1.99. The molecule has 3 aromatic rings. The van der Waals surface area contributed by atoms with Gasteiger partial charge in [0.25, 0.3) is 5.91 Å². The lowest BCUT2D eigenvalue weighted by atomic mass is 9.91. The number of nitrogens with one attached hydrogen (secondary N) is 2. The van der Waals surface area contributed by atoms with Gasteiger partial charge < -0.3 is 24.9 Å². The summed E-state index contributed by atoms with van der Waals surface area (Å²) in [5, 5.41) is 13.7. The van der Waals surface area contributed by atoms with Gasteiger partial charge in [-0.3, -0.25) is 19.4 Å². The van der Waals surface area contributed by atoms with Gasteiger partial charge in [-0.15, -0.1) is 0 Å². The van der Waals surface area contributed by atoms with Crippen LogP contribution in [-0.4, -0.2) is 61.1 Å². The number of aliphatic hydroxyl groups is 1. The van der Waals surface area contributed by atoms with E-state index in [4.69, 9.17) is 0 Å². The normalized spacial score (nSPS) is 16.8. The smallest absolute Gasteiger partial charge is 0.253 e. The standard InChI is InChI=1S/C22H25N5O4/c1-15(25-20(29)16-4-5-19(28)24-13-16)21(30)26-11-7-22(31,8-12-26)14-27-10-6-17-18(27)3-2-9-23-17/h2-6,9-10,13,15,31H,7-8,11-12,14H2,1H3,(H,24,28)(H,25,29). The summed E-state index contributed by atoms with van der Waals surface area (Å²) in [6, 6.07) is 7.71. The molecule has 31 heavy (non-hydrogen) atoms. The lowest BCUT2D eigenvalue weighted by Gasteiger charge is -2.39. The molecule has 9 nitrogen and oxygen atoms in total. The van der Waals surface area contributed by atoms with Crippen LogP contribution in [0, 0.1) is 0 Å². The molecule has 0 radical (unpaired) electrons. The number of fused-ring (bicyclic) bond motifs is 1. The highest BCUT2D eigenvalue weighted by Gasteiger charge is 2.35. The molecule has 1 aliphatic heterocycles. The molecule has 9 heteroatoms. The zero-order valence-electron chi connectivity index (χ0n) is 17.2. The number of aromatic nitrogens is 3. The number of H-pyrrole nitrogens is 1. The van der Waals surface area contributed by atoms with Crippen molar-refractivity contribution in [3.63, 3.8) is 0 Å². The second-order valence-electron chi connectivity index (χ2n) is 8.04. The number of carbonyl (C=O) groups is 2. The Kier molecular flexibility index (Phi) is 5.60. The number of pyridine rings is 2. The highest BCUT2D eigenvalue weighted by molar-refractivity contribution is 5.97. The Balaban J connectivity index is 1.34. The molecule has 3 aromatic heterocycles. The molecule has 1 aliphatic rings. The van der Waals surface area contributed by atoms with Crippen LogP contribution in [0.15, 0.2) is 53.7 Å². The van der Waals surface area contributed by atoms with Crippen LogP contribution in [0.25, 0.3) is 11.0 Å². The molecule has 0 spiro atoms. The van der Waals surface area contributed by atoms with Crippen molar-refractivity contribution < 1.29 is 14.7 Å². The molecule has 0 saturated carbocycles. The molecule has 0 aromatic carbocycles. The average Bonchev–Trinajstić information content (AvgIpc) is 3.16. The first-order valence-electron chi connectivity index (χ1n) is 10.3. The lowest BCUT2D eigenvalue weighted by Crippen LogP contribution is -2.53. The number of hydrogen-bond donors (Lipinski definition) is 3. The van der Waals surface area contributed by atoms with Gasteiger partial charge in [0.2, 0.25) is 11.5 Å². The summed E-state index contributed by atoms with van der Waals surface area (Å²) in [5.41, 5.74) is 0.909. The molecule has 3 N–H and O–H groups in total. The lowest BCUT2D eigenvalue weighted by molar-refractivity contribution is -0.137. The van der Waals surface area contributed by atoms with E-state index in [-0.39, 0.29) is 17.0 Å². The van der Waals surface area contributed by atoms with E-state index in [1.165, 1.54) is 18.3 Å². The van der Waals surface area contributed by atoms with Gasteiger partial charge in [0.05, 0.1) is 28.7 Å². The summed E-state index contributed by atoms with van der Waals surface area (Å²) in [6.07, 6.45) is 5.86. The minimum Gasteiger partial charge on any atom is -0.388 e. The van der Waals surface area contributed by atoms with E-state index in [1.807, 2.05) is 29.0 Å². The number of hydrogen-bond acceptors (Lipinski definition) is 5. The Bertz CT molecular complexity index is 1140. The number of likely N-dealkylation sites (tertiary alicyclic amines) is 1. The van der Waals surface area contributed by atoms with Gasteiger partial charge in [0.15, 0.2) is 0 Å². The van der Waals surface area contributed by atoms with Crippen molar-refractivity contribution >= 4 is 22.8 Å². The molecule has 0 aliphatic carbocycles. The van der Waals surface area contributed by atoms with Gasteiger partial charge in [-0.25, -0.2) is 0 Å². The second kappa shape index (κ2) is 8.35. The minimum atomic E-state index is -0.916. The second-order valence-corrected chi connectivity index (χ2v) is 8.04. The van der Waals surface area contributed by atoms with Crippen molar-refractivity contribution in [2.45, 2.75) is 38.0 Å². The Morgan fingerprint density at radius 1 is 1.26 bits per heavy atom. The molecule has 162 valence electrons. The van der Waals surface area contributed by atoms with Gasteiger partial charge in [0.1, 0.15) is 6.04 Å². The molecule has 1 saturated heterocycles. The highest BCUT2D eigenvalue weighted by Crippen LogP contribution is 2.26. The molecule has 1 unspecified atom stereocenters. The Hall–Kier alpha value is -3.46. The number of carbonyl (C=O) groups excluding carboxylic acids is 2. The van der Waals surface area contributed by atoms with E-state index in [0.29, 0.717) is 32.5 Å². The third kappa shape index (κ3) is 4.51.